The van der Waals surface area contributed by atoms with E-state index in [9.17, 15) is 0 Å². The average Bonchev–Trinajstić information content (AvgIpc) is 2.80. The summed E-state index contributed by atoms with van der Waals surface area (Å²) in [5.41, 5.74) is 0. The number of rotatable bonds is 5. The van der Waals surface area contributed by atoms with Crippen LogP contribution in [0.2, 0.25) is 0 Å². The van der Waals surface area contributed by atoms with Crippen molar-refractivity contribution in [2.75, 3.05) is 19.6 Å². The van der Waals surface area contributed by atoms with Gasteiger partial charge in [-0.1, -0.05) is 19.9 Å². The summed E-state index contributed by atoms with van der Waals surface area (Å²) < 4.78 is 0. The van der Waals surface area contributed by atoms with Gasteiger partial charge in [0.05, 0.1) is 0 Å². The fourth-order valence-corrected chi connectivity index (χ4v) is 3.69. The van der Waals surface area contributed by atoms with Crippen LogP contribution in [0.25, 0.3) is 0 Å². The first kappa shape index (κ1) is 14.0. The van der Waals surface area contributed by atoms with Crippen molar-refractivity contribution in [3.05, 3.63) is 22.4 Å². The molecule has 1 aliphatic heterocycles. The second kappa shape index (κ2) is 6.69. The van der Waals surface area contributed by atoms with E-state index in [4.69, 9.17) is 0 Å². The predicted octanol–water partition coefficient (Wildman–Crippen LogP) is 3.20. The molecule has 2 heterocycles. The third-order valence-corrected chi connectivity index (χ3v) is 4.72. The normalized spacial score (nSPS) is 27.3. The molecule has 1 fully saturated rings. The number of piperidine rings is 1. The zero-order chi connectivity index (χ0) is 13.0. The van der Waals surface area contributed by atoms with Gasteiger partial charge >= 0.3 is 0 Å². The van der Waals surface area contributed by atoms with Crippen LogP contribution in [-0.4, -0.2) is 30.6 Å². The Labute approximate surface area is 115 Å². The zero-order valence-corrected chi connectivity index (χ0v) is 12.7. The van der Waals surface area contributed by atoms with Crippen LogP contribution in [-0.2, 0) is 6.54 Å². The van der Waals surface area contributed by atoms with Gasteiger partial charge in [0, 0.05) is 37.1 Å². The van der Waals surface area contributed by atoms with Gasteiger partial charge in [-0.25, -0.2) is 0 Å². The molecule has 0 radical (unpaired) electrons. The van der Waals surface area contributed by atoms with Gasteiger partial charge in [-0.2, -0.15) is 0 Å². The highest BCUT2D eigenvalue weighted by Crippen LogP contribution is 2.22. The Morgan fingerprint density at radius 3 is 2.72 bits per heavy atom. The summed E-state index contributed by atoms with van der Waals surface area (Å²) >= 11 is 1.83. The van der Waals surface area contributed by atoms with Crippen molar-refractivity contribution >= 4 is 11.3 Å². The molecule has 0 spiro atoms. The third kappa shape index (κ3) is 4.08. The molecule has 3 heteroatoms. The highest BCUT2D eigenvalue weighted by atomic mass is 32.1. The minimum atomic E-state index is 0.648. The van der Waals surface area contributed by atoms with Gasteiger partial charge < -0.3 is 5.32 Å². The molecule has 0 aliphatic carbocycles. The minimum absolute atomic E-state index is 0.648. The lowest BCUT2D eigenvalue weighted by atomic mass is 9.91. The number of nitrogens with zero attached hydrogens (tertiary/aromatic N) is 1. The van der Waals surface area contributed by atoms with Gasteiger partial charge in [-0.15, -0.1) is 11.3 Å². The molecule has 1 saturated heterocycles. The van der Waals surface area contributed by atoms with Crippen molar-refractivity contribution in [3.8, 4) is 0 Å². The van der Waals surface area contributed by atoms with Crippen LogP contribution >= 0.6 is 11.3 Å². The van der Waals surface area contributed by atoms with Crippen molar-refractivity contribution in [3.63, 3.8) is 0 Å². The topological polar surface area (TPSA) is 15.3 Å². The molecule has 102 valence electrons. The first-order chi connectivity index (χ1) is 8.65. The van der Waals surface area contributed by atoms with E-state index in [1.165, 1.54) is 24.4 Å². The maximum absolute atomic E-state index is 3.58. The minimum Gasteiger partial charge on any atom is -0.310 e. The van der Waals surface area contributed by atoms with E-state index < -0.39 is 0 Å². The standard InChI is InChI=1S/C15H26N2S/c1-12-7-13(2)11-17(10-12)14(3)8-16-9-15-5-4-6-18-15/h4-6,12-14,16H,7-11H2,1-3H3. The van der Waals surface area contributed by atoms with Gasteiger partial charge in [-0.05, 0) is 36.6 Å². The lowest BCUT2D eigenvalue weighted by molar-refractivity contribution is 0.102. The molecule has 0 amide bonds. The van der Waals surface area contributed by atoms with E-state index in [-0.39, 0.29) is 0 Å². The molecular formula is C15H26N2S. The van der Waals surface area contributed by atoms with Crippen LogP contribution < -0.4 is 5.32 Å². The molecule has 2 rings (SSSR count). The Kier molecular flexibility index (Phi) is 5.22. The lowest BCUT2D eigenvalue weighted by Gasteiger charge is -2.39. The summed E-state index contributed by atoms with van der Waals surface area (Å²) in [6, 6.07) is 4.97. The molecule has 1 aliphatic rings. The highest BCUT2D eigenvalue weighted by molar-refractivity contribution is 7.09. The van der Waals surface area contributed by atoms with Crippen molar-refractivity contribution in [1.29, 1.82) is 0 Å². The first-order valence-corrected chi connectivity index (χ1v) is 8.00. The van der Waals surface area contributed by atoms with E-state index in [1.807, 2.05) is 11.3 Å². The number of thiophene rings is 1. The molecule has 1 N–H and O–H groups in total. The number of likely N-dealkylation sites (tertiary alicyclic amines) is 1. The SMILES string of the molecule is CC1CC(C)CN(C(C)CNCc2cccs2)C1. The summed E-state index contributed by atoms with van der Waals surface area (Å²) in [4.78, 5) is 4.09. The molecule has 0 saturated carbocycles. The van der Waals surface area contributed by atoms with Gasteiger partial charge in [0.1, 0.15) is 0 Å². The molecule has 3 atom stereocenters. The lowest BCUT2D eigenvalue weighted by Crippen LogP contribution is -2.47. The summed E-state index contributed by atoms with van der Waals surface area (Å²) in [6.07, 6.45) is 1.39. The Morgan fingerprint density at radius 2 is 2.11 bits per heavy atom. The summed E-state index contributed by atoms with van der Waals surface area (Å²) in [7, 11) is 0. The van der Waals surface area contributed by atoms with Gasteiger partial charge in [0.15, 0.2) is 0 Å². The fraction of sp³-hybridized carbons (Fsp3) is 0.733. The maximum Gasteiger partial charge on any atom is 0.0300 e. The van der Waals surface area contributed by atoms with Crippen molar-refractivity contribution in [2.24, 2.45) is 11.8 Å². The molecule has 18 heavy (non-hydrogen) atoms. The van der Waals surface area contributed by atoms with E-state index in [0.29, 0.717) is 6.04 Å². The van der Waals surface area contributed by atoms with Gasteiger partial charge in [0.25, 0.3) is 0 Å². The van der Waals surface area contributed by atoms with Crippen LogP contribution in [0.4, 0.5) is 0 Å². The fourth-order valence-electron chi connectivity index (χ4n) is 3.02. The Morgan fingerprint density at radius 1 is 1.39 bits per heavy atom. The van der Waals surface area contributed by atoms with E-state index in [2.05, 4.69) is 48.5 Å². The van der Waals surface area contributed by atoms with Crippen LogP contribution in [0.3, 0.4) is 0 Å². The molecule has 0 aromatic carbocycles. The van der Waals surface area contributed by atoms with E-state index in [0.717, 1.165) is 24.9 Å². The molecule has 1 aromatic heterocycles. The molecule has 2 nitrogen and oxygen atoms in total. The number of hydrogen-bond acceptors (Lipinski definition) is 3. The quantitative estimate of drug-likeness (QED) is 0.880. The van der Waals surface area contributed by atoms with Crippen LogP contribution in [0, 0.1) is 11.8 Å². The number of hydrogen-bond donors (Lipinski definition) is 1. The second-order valence-electron chi connectivity index (χ2n) is 5.96. The van der Waals surface area contributed by atoms with Gasteiger partial charge in [0.2, 0.25) is 0 Å². The predicted molar refractivity (Wildman–Crippen MR) is 80.0 cm³/mol. The molecular weight excluding hydrogens is 240 g/mol. The average molecular weight is 266 g/mol. The van der Waals surface area contributed by atoms with Crippen LogP contribution in [0.5, 0.6) is 0 Å². The van der Waals surface area contributed by atoms with E-state index >= 15 is 0 Å². The molecule has 3 unspecified atom stereocenters. The first-order valence-electron chi connectivity index (χ1n) is 7.12. The van der Waals surface area contributed by atoms with Crippen molar-refractivity contribution in [1.82, 2.24) is 10.2 Å². The largest absolute Gasteiger partial charge is 0.310 e. The van der Waals surface area contributed by atoms with Gasteiger partial charge in [-0.3, -0.25) is 4.90 Å². The van der Waals surface area contributed by atoms with E-state index in [1.54, 1.807) is 0 Å². The Bertz CT molecular complexity index is 326. The molecule has 1 aromatic rings. The van der Waals surface area contributed by atoms with Crippen molar-refractivity contribution in [2.45, 2.75) is 39.8 Å². The number of nitrogens with one attached hydrogen (secondary N) is 1. The van der Waals surface area contributed by atoms with Crippen molar-refractivity contribution < 1.29 is 0 Å². The Balaban J connectivity index is 1.72. The second-order valence-corrected chi connectivity index (χ2v) is 6.99. The molecule has 0 bridgehead atoms. The van der Waals surface area contributed by atoms with Crippen LogP contribution in [0.15, 0.2) is 17.5 Å². The van der Waals surface area contributed by atoms with Crippen LogP contribution in [0.1, 0.15) is 32.1 Å². The Hall–Kier alpha value is -0.380. The summed E-state index contributed by atoms with van der Waals surface area (Å²) in [6.45, 7) is 11.8. The maximum atomic E-state index is 3.58. The summed E-state index contributed by atoms with van der Waals surface area (Å²) in [5, 5.41) is 5.73. The highest BCUT2D eigenvalue weighted by Gasteiger charge is 2.24. The zero-order valence-electron chi connectivity index (χ0n) is 11.9. The monoisotopic (exact) mass is 266 g/mol. The summed E-state index contributed by atoms with van der Waals surface area (Å²) in [5.74, 6) is 1.71. The smallest absolute Gasteiger partial charge is 0.0300 e. The third-order valence-electron chi connectivity index (χ3n) is 3.84.